The standard InChI is InChI=1S/C26H29FO3/c1-16-3-4-21(20-5-6-23(27)17(2)11-20)15-22(16)26-24(28)13-19(14-25(26)29)12-18-7-9-30-10-8-18/h3-6,11,15,18-19,28H,7-10,12-14H2,1-2H3. The average molecular weight is 409 g/mol. The van der Waals surface area contributed by atoms with E-state index in [4.69, 9.17) is 4.74 Å². The molecule has 1 saturated heterocycles. The summed E-state index contributed by atoms with van der Waals surface area (Å²) in [5, 5.41) is 10.8. The van der Waals surface area contributed by atoms with Gasteiger partial charge in [-0.1, -0.05) is 18.2 Å². The molecule has 1 aliphatic heterocycles. The summed E-state index contributed by atoms with van der Waals surface area (Å²) < 4.78 is 19.1. The number of carbonyl (C=O) groups is 1. The molecule has 1 fully saturated rings. The van der Waals surface area contributed by atoms with Crippen molar-refractivity contribution in [3.8, 4) is 11.1 Å². The zero-order chi connectivity index (χ0) is 21.3. The number of hydrogen-bond acceptors (Lipinski definition) is 3. The first-order valence-corrected chi connectivity index (χ1v) is 10.8. The minimum Gasteiger partial charge on any atom is -0.512 e. The number of benzene rings is 2. The maximum absolute atomic E-state index is 13.7. The lowest BCUT2D eigenvalue weighted by molar-refractivity contribution is -0.115. The minimum absolute atomic E-state index is 0.0198. The Morgan fingerprint density at radius 3 is 2.37 bits per heavy atom. The first-order valence-electron chi connectivity index (χ1n) is 10.8. The summed E-state index contributed by atoms with van der Waals surface area (Å²) in [5.41, 5.74) is 4.58. The Morgan fingerprint density at radius 2 is 1.67 bits per heavy atom. The lowest BCUT2D eigenvalue weighted by Gasteiger charge is -2.29. The third-order valence-electron chi connectivity index (χ3n) is 6.53. The molecular formula is C26H29FO3. The molecule has 30 heavy (non-hydrogen) atoms. The number of aryl methyl sites for hydroxylation is 2. The van der Waals surface area contributed by atoms with E-state index in [-0.39, 0.29) is 23.3 Å². The highest BCUT2D eigenvalue weighted by atomic mass is 19.1. The number of carbonyl (C=O) groups excluding carboxylic acids is 1. The fraction of sp³-hybridized carbons (Fsp3) is 0.423. The molecule has 1 aliphatic carbocycles. The van der Waals surface area contributed by atoms with Gasteiger partial charge in [0.1, 0.15) is 11.6 Å². The highest BCUT2D eigenvalue weighted by Gasteiger charge is 2.31. The van der Waals surface area contributed by atoms with Gasteiger partial charge in [0.05, 0.1) is 5.57 Å². The minimum atomic E-state index is -0.232. The lowest BCUT2D eigenvalue weighted by Crippen LogP contribution is -2.24. The fourth-order valence-electron chi connectivity index (χ4n) is 4.79. The maximum Gasteiger partial charge on any atom is 0.167 e. The van der Waals surface area contributed by atoms with Gasteiger partial charge in [0.25, 0.3) is 0 Å². The summed E-state index contributed by atoms with van der Waals surface area (Å²) in [6.07, 6.45) is 4.09. The van der Waals surface area contributed by atoms with Crippen LogP contribution in [0.2, 0.25) is 0 Å². The first kappa shape index (κ1) is 20.8. The Bertz CT molecular complexity index is 986. The van der Waals surface area contributed by atoms with Crippen LogP contribution in [0.5, 0.6) is 0 Å². The van der Waals surface area contributed by atoms with Gasteiger partial charge in [-0.3, -0.25) is 4.79 Å². The van der Waals surface area contributed by atoms with Crippen LogP contribution < -0.4 is 0 Å². The number of ketones is 1. The predicted molar refractivity (Wildman–Crippen MR) is 117 cm³/mol. The number of hydrogen-bond donors (Lipinski definition) is 1. The molecule has 158 valence electrons. The third kappa shape index (κ3) is 4.34. The van der Waals surface area contributed by atoms with Gasteiger partial charge in [-0.05, 0) is 91.0 Å². The van der Waals surface area contributed by atoms with Crippen LogP contribution in [0.1, 0.15) is 48.8 Å². The molecule has 2 aromatic carbocycles. The number of Topliss-reactive ketones (excluding diaryl/α,β-unsaturated/α-hetero) is 1. The molecule has 0 radical (unpaired) electrons. The van der Waals surface area contributed by atoms with Gasteiger partial charge >= 0.3 is 0 Å². The number of halogens is 1. The normalized spacial score (nSPS) is 20.6. The highest BCUT2D eigenvalue weighted by molar-refractivity contribution is 6.22. The van der Waals surface area contributed by atoms with E-state index in [0.29, 0.717) is 29.9 Å². The second kappa shape index (κ2) is 8.73. The molecule has 0 bridgehead atoms. The van der Waals surface area contributed by atoms with Crippen LogP contribution in [-0.4, -0.2) is 24.1 Å². The molecule has 2 aromatic rings. The van der Waals surface area contributed by atoms with E-state index in [9.17, 15) is 14.3 Å². The van der Waals surface area contributed by atoms with E-state index in [1.165, 1.54) is 6.07 Å². The predicted octanol–water partition coefficient (Wildman–Crippen LogP) is 6.17. The third-order valence-corrected chi connectivity index (χ3v) is 6.53. The number of rotatable bonds is 4. The first-order chi connectivity index (χ1) is 14.4. The van der Waals surface area contributed by atoms with Crippen LogP contribution in [-0.2, 0) is 9.53 Å². The van der Waals surface area contributed by atoms with Crippen molar-refractivity contribution in [1.29, 1.82) is 0 Å². The zero-order valence-corrected chi connectivity index (χ0v) is 17.7. The summed E-state index contributed by atoms with van der Waals surface area (Å²) in [6, 6.07) is 10.9. The van der Waals surface area contributed by atoms with Crippen molar-refractivity contribution >= 4 is 11.4 Å². The van der Waals surface area contributed by atoms with E-state index < -0.39 is 0 Å². The number of allylic oxidation sites excluding steroid dienone is 2. The van der Waals surface area contributed by atoms with Gasteiger partial charge in [-0.2, -0.15) is 0 Å². The van der Waals surface area contributed by atoms with Crippen LogP contribution in [0.3, 0.4) is 0 Å². The van der Waals surface area contributed by atoms with Crippen LogP contribution >= 0.6 is 0 Å². The van der Waals surface area contributed by atoms with E-state index in [0.717, 1.165) is 54.7 Å². The summed E-state index contributed by atoms with van der Waals surface area (Å²) in [6.45, 7) is 5.29. The summed E-state index contributed by atoms with van der Waals surface area (Å²) in [4.78, 5) is 13.1. The van der Waals surface area contributed by atoms with Crippen LogP contribution in [0.25, 0.3) is 16.7 Å². The molecule has 1 atom stereocenters. The van der Waals surface area contributed by atoms with Gasteiger partial charge in [-0.15, -0.1) is 0 Å². The molecule has 0 amide bonds. The maximum atomic E-state index is 13.7. The zero-order valence-electron chi connectivity index (χ0n) is 17.7. The quantitative estimate of drug-likeness (QED) is 0.658. The Balaban J connectivity index is 1.61. The van der Waals surface area contributed by atoms with Crippen molar-refractivity contribution in [1.82, 2.24) is 0 Å². The molecule has 2 aliphatic rings. The van der Waals surface area contributed by atoms with E-state index in [1.54, 1.807) is 13.0 Å². The highest BCUT2D eigenvalue weighted by Crippen LogP contribution is 2.38. The molecule has 1 unspecified atom stereocenters. The summed E-state index contributed by atoms with van der Waals surface area (Å²) >= 11 is 0. The molecule has 1 heterocycles. The fourth-order valence-corrected chi connectivity index (χ4v) is 4.79. The Morgan fingerprint density at radius 1 is 0.967 bits per heavy atom. The van der Waals surface area contributed by atoms with Gasteiger partial charge in [0.15, 0.2) is 5.78 Å². The molecule has 1 N–H and O–H groups in total. The van der Waals surface area contributed by atoms with Crippen molar-refractivity contribution in [2.24, 2.45) is 11.8 Å². The van der Waals surface area contributed by atoms with Crippen molar-refractivity contribution in [2.75, 3.05) is 13.2 Å². The average Bonchev–Trinajstić information content (AvgIpc) is 2.72. The smallest absolute Gasteiger partial charge is 0.167 e. The molecule has 0 spiro atoms. The van der Waals surface area contributed by atoms with Gasteiger partial charge in [-0.25, -0.2) is 4.39 Å². The van der Waals surface area contributed by atoms with Gasteiger partial charge in [0.2, 0.25) is 0 Å². The Hall–Kier alpha value is -2.46. The van der Waals surface area contributed by atoms with Crippen molar-refractivity contribution in [3.63, 3.8) is 0 Å². The van der Waals surface area contributed by atoms with Crippen LogP contribution in [0.4, 0.5) is 4.39 Å². The largest absolute Gasteiger partial charge is 0.512 e. The lowest BCUT2D eigenvalue weighted by atomic mass is 9.77. The van der Waals surface area contributed by atoms with Gasteiger partial charge in [0, 0.05) is 26.1 Å². The molecule has 3 nitrogen and oxygen atoms in total. The molecule has 4 heteroatoms. The Kier molecular flexibility index (Phi) is 6.05. The van der Waals surface area contributed by atoms with Crippen LogP contribution in [0, 0.1) is 31.5 Å². The number of aliphatic hydroxyl groups is 1. The van der Waals surface area contributed by atoms with Crippen LogP contribution in [0.15, 0.2) is 42.2 Å². The number of ether oxygens (including phenoxy) is 1. The molecule has 4 rings (SSSR count). The van der Waals surface area contributed by atoms with E-state index in [1.807, 2.05) is 31.2 Å². The van der Waals surface area contributed by atoms with Crippen molar-refractivity contribution in [3.05, 3.63) is 64.7 Å². The van der Waals surface area contributed by atoms with Gasteiger partial charge < -0.3 is 9.84 Å². The SMILES string of the molecule is Cc1cc(-c2ccc(C)c(C3=C(O)CC(CC4CCOCC4)CC3=O)c2)ccc1F. The van der Waals surface area contributed by atoms with Crippen molar-refractivity contribution < 1.29 is 19.0 Å². The molecular weight excluding hydrogens is 379 g/mol. The van der Waals surface area contributed by atoms with Crippen molar-refractivity contribution in [2.45, 2.75) is 46.0 Å². The van der Waals surface area contributed by atoms with E-state index >= 15 is 0 Å². The Labute approximate surface area is 177 Å². The second-order valence-corrected chi connectivity index (χ2v) is 8.80. The number of aliphatic hydroxyl groups excluding tert-OH is 1. The summed E-state index contributed by atoms with van der Waals surface area (Å²) in [5.74, 6) is 0.778. The van der Waals surface area contributed by atoms with E-state index in [2.05, 4.69) is 0 Å². The topological polar surface area (TPSA) is 46.5 Å². The molecule has 0 saturated carbocycles. The second-order valence-electron chi connectivity index (χ2n) is 8.80. The summed E-state index contributed by atoms with van der Waals surface area (Å²) in [7, 11) is 0. The molecule has 0 aromatic heterocycles. The monoisotopic (exact) mass is 408 g/mol.